The molecule has 0 saturated heterocycles. The molecule has 1 N–H and O–H groups in total. The van der Waals surface area contributed by atoms with Gasteiger partial charge in [0.25, 0.3) is 0 Å². The van der Waals surface area contributed by atoms with Crippen LogP contribution in [-0.2, 0) is 6.54 Å². The highest BCUT2D eigenvalue weighted by atomic mass is 15.1. The summed E-state index contributed by atoms with van der Waals surface area (Å²) >= 11 is 0. The zero-order valence-corrected chi connectivity index (χ0v) is 11.8. The molecule has 1 heterocycles. The van der Waals surface area contributed by atoms with Crippen molar-refractivity contribution in [2.45, 2.75) is 13.5 Å². The first-order valence-electron chi connectivity index (χ1n) is 6.64. The molecule has 2 aromatic rings. The van der Waals surface area contributed by atoms with Gasteiger partial charge in [-0.2, -0.15) is 5.26 Å². The number of pyridine rings is 1. The van der Waals surface area contributed by atoms with Crippen molar-refractivity contribution in [3.05, 3.63) is 53.7 Å². The van der Waals surface area contributed by atoms with Crippen molar-refractivity contribution >= 4 is 11.5 Å². The van der Waals surface area contributed by atoms with Crippen LogP contribution >= 0.6 is 0 Å². The van der Waals surface area contributed by atoms with Crippen LogP contribution in [-0.4, -0.2) is 18.6 Å². The van der Waals surface area contributed by atoms with Crippen molar-refractivity contribution in [3.8, 4) is 6.07 Å². The van der Waals surface area contributed by atoms with Crippen molar-refractivity contribution in [3.63, 3.8) is 0 Å². The number of aromatic nitrogens is 1. The van der Waals surface area contributed by atoms with E-state index in [0.717, 1.165) is 23.7 Å². The lowest BCUT2D eigenvalue weighted by Gasteiger charge is -2.20. The number of hydrogen-bond acceptors (Lipinski definition) is 4. The molecule has 4 heteroatoms. The Kier molecular flexibility index (Phi) is 4.56. The molecular weight excluding hydrogens is 248 g/mol. The van der Waals surface area contributed by atoms with Crippen LogP contribution in [0.2, 0.25) is 0 Å². The Bertz CT molecular complexity index is 616. The first kappa shape index (κ1) is 13.9. The highest BCUT2D eigenvalue weighted by molar-refractivity contribution is 5.58. The molecule has 0 aliphatic carbocycles. The second kappa shape index (κ2) is 6.58. The largest absolute Gasteiger partial charge is 0.370 e. The number of anilines is 2. The van der Waals surface area contributed by atoms with E-state index in [9.17, 15) is 0 Å². The smallest absolute Gasteiger partial charge is 0.126 e. The van der Waals surface area contributed by atoms with Gasteiger partial charge in [-0.25, -0.2) is 4.98 Å². The SMILES string of the molecule is CCNc1cccc(CN(C)c2ccccc2C#N)n1. The van der Waals surface area contributed by atoms with Crippen LogP contribution in [0.4, 0.5) is 11.5 Å². The van der Waals surface area contributed by atoms with Gasteiger partial charge in [-0.1, -0.05) is 18.2 Å². The molecule has 0 aliphatic rings. The van der Waals surface area contributed by atoms with E-state index in [1.807, 2.05) is 61.3 Å². The maximum atomic E-state index is 9.15. The molecule has 102 valence electrons. The lowest BCUT2D eigenvalue weighted by atomic mass is 10.2. The maximum absolute atomic E-state index is 9.15. The first-order valence-corrected chi connectivity index (χ1v) is 6.64. The monoisotopic (exact) mass is 266 g/mol. The average molecular weight is 266 g/mol. The number of nitrogens with one attached hydrogen (secondary N) is 1. The van der Waals surface area contributed by atoms with E-state index in [1.54, 1.807) is 0 Å². The minimum absolute atomic E-state index is 0.665. The molecule has 1 aromatic heterocycles. The van der Waals surface area contributed by atoms with Gasteiger partial charge in [0.05, 0.1) is 23.5 Å². The van der Waals surface area contributed by atoms with Gasteiger partial charge in [0, 0.05) is 13.6 Å². The second-order valence-corrected chi connectivity index (χ2v) is 4.53. The second-order valence-electron chi connectivity index (χ2n) is 4.53. The Labute approximate surface area is 119 Å². The summed E-state index contributed by atoms with van der Waals surface area (Å²) in [6.45, 7) is 3.56. The summed E-state index contributed by atoms with van der Waals surface area (Å²) in [5.74, 6) is 0.881. The molecule has 0 radical (unpaired) electrons. The molecule has 0 saturated carbocycles. The fourth-order valence-electron chi connectivity index (χ4n) is 2.08. The van der Waals surface area contributed by atoms with Gasteiger partial charge in [0.2, 0.25) is 0 Å². The topological polar surface area (TPSA) is 52.0 Å². The Morgan fingerprint density at radius 3 is 2.75 bits per heavy atom. The van der Waals surface area contributed by atoms with Crippen LogP contribution in [0, 0.1) is 11.3 Å². The van der Waals surface area contributed by atoms with Crippen LogP contribution in [0.25, 0.3) is 0 Å². The summed E-state index contributed by atoms with van der Waals surface area (Å²) in [6.07, 6.45) is 0. The number of rotatable bonds is 5. The first-order chi connectivity index (χ1) is 9.74. The molecule has 0 bridgehead atoms. The minimum atomic E-state index is 0.665. The van der Waals surface area contributed by atoms with Gasteiger partial charge in [-0.3, -0.25) is 0 Å². The van der Waals surface area contributed by atoms with E-state index < -0.39 is 0 Å². The number of nitriles is 1. The molecule has 1 aromatic carbocycles. The van der Waals surface area contributed by atoms with Crippen LogP contribution in [0.15, 0.2) is 42.5 Å². The Morgan fingerprint density at radius 1 is 1.20 bits per heavy atom. The standard InChI is InChI=1S/C16H18N4/c1-3-18-16-10-6-8-14(19-16)12-20(2)15-9-5-4-7-13(15)11-17/h4-10H,3,12H2,1-2H3,(H,18,19). The minimum Gasteiger partial charge on any atom is -0.370 e. The van der Waals surface area contributed by atoms with Crippen LogP contribution in [0.3, 0.4) is 0 Å². The van der Waals surface area contributed by atoms with Crippen LogP contribution in [0.1, 0.15) is 18.2 Å². The summed E-state index contributed by atoms with van der Waals surface area (Å²) in [5, 5.41) is 12.3. The van der Waals surface area contributed by atoms with Gasteiger partial charge in [-0.05, 0) is 31.2 Å². The highest BCUT2D eigenvalue weighted by Crippen LogP contribution is 2.20. The third-order valence-electron chi connectivity index (χ3n) is 3.00. The molecule has 0 spiro atoms. The van der Waals surface area contributed by atoms with Crippen molar-refractivity contribution in [1.82, 2.24) is 4.98 Å². The third kappa shape index (κ3) is 3.27. The zero-order valence-electron chi connectivity index (χ0n) is 11.8. The lowest BCUT2D eigenvalue weighted by molar-refractivity contribution is 0.883. The number of hydrogen-bond donors (Lipinski definition) is 1. The van der Waals surface area contributed by atoms with E-state index in [0.29, 0.717) is 12.1 Å². The summed E-state index contributed by atoms with van der Waals surface area (Å²) in [7, 11) is 1.97. The number of para-hydroxylation sites is 1. The summed E-state index contributed by atoms with van der Waals surface area (Å²) in [5.41, 5.74) is 2.57. The molecule has 0 fully saturated rings. The van der Waals surface area contributed by atoms with E-state index >= 15 is 0 Å². The van der Waals surface area contributed by atoms with Crippen LogP contribution in [0.5, 0.6) is 0 Å². The van der Waals surface area contributed by atoms with Gasteiger partial charge in [-0.15, -0.1) is 0 Å². The number of nitrogens with zero attached hydrogens (tertiary/aromatic N) is 3. The highest BCUT2D eigenvalue weighted by Gasteiger charge is 2.08. The Hall–Kier alpha value is -2.54. The predicted molar refractivity (Wildman–Crippen MR) is 81.7 cm³/mol. The molecule has 20 heavy (non-hydrogen) atoms. The average Bonchev–Trinajstić information content (AvgIpc) is 2.48. The van der Waals surface area contributed by atoms with Crippen molar-refractivity contribution in [2.75, 3.05) is 23.8 Å². The lowest BCUT2D eigenvalue weighted by Crippen LogP contribution is -2.18. The molecule has 0 amide bonds. The Balaban J connectivity index is 2.17. The zero-order chi connectivity index (χ0) is 14.4. The summed E-state index contributed by atoms with van der Waals surface area (Å²) in [6, 6.07) is 15.8. The molecule has 0 atom stereocenters. The summed E-state index contributed by atoms with van der Waals surface area (Å²) in [4.78, 5) is 6.59. The molecule has 0 unspecified atom stereocenters. The normalized spacial score (nSPS) is 9.85. The molecule has 2 rings (SSSR count). The van der Waals surface area contributed by atoms with E-state index in [-0.39, 0.29) is 0 Å². The van der Waals surface area contributed by atoms with Crippen molar-refractivity contribution in [1.29, 1.82) is 5.26 Å². The maximum Gasteiger partial charge on any atom is 0.126 e. The van der Waals surface area contributed by atoms with Gasteiger partial charge < -0.3 is 10.2 Å². The fraction of sp³-hybridized carbons (Fsp3) is 0.250. The molecule has 4 nitrogen and oxygen atoms in total. The predicted octanol–water partition coefficient (Wildman–Crippen LogP) is 3.02. The van der Waals surface area contributed by atoms with E-state index in [2.05, 4.69) is 16.4 Å². The van der Waals surface area contributed by atoms with Gasteiger partial charge in [0.15, 0.2) is 0 Å². The van der Waals surface area contributed by atoms with Gasteiger partial charge in [0.1, 0.15) is 11.9 Å². The van der Waals surface area contributed by atoms with Gasteiger partial charge >= 0.3 is 0 Å². The van der Waals surface area contributed by atoms with E-state index in [1.165, 1.54) is 0 Å². The van der Waals surface area contributed by atoms with Crippen LogP contribution < -0.4 is 10.2 Å². The van der Waals surface area contributed by atoms with Crippen molar-refractivity contribution < 1.29 is 0 Å². The fourth-order valence-corrected chi connectivity index (χ4v) is 2.08. The Morgan fingerprint density at radius 2 is 2.00 bits per heavy atom. The summed E-state index contributed by atoms with van der Waals surface area (Å²) < 4.78 is 0. The third-order valence-corrected chi connectivity index (χ3v) is 3.00. The molecule has 0 aliphatic heterocycles. The van der Waals surface area contributed by atoms with Crippen molar-refractivity contribution in [2.24, 2.45) is 0 Å². The molecular formula is C16H18N4. The quantitative estimate of drug-likeness (QED) is 0.903. The number of benzene rings is 1. The van der Waals surface area contributed by atoms with E-state index in [4.69, 9.17) is 5.26 Å².